The second kappa shape index (κ2) is 7.60. The molecule has 0 aromatic heterocycles. The van der Waals surface area contributed by atoms with Crippen molar-refractivity contribution in [3.63, 3.8) is 0 Å². The Morgan fingerprint density at radius 1 is 1.05 bits per heavy atom. The van der Waals surface area contributed by atoms with Gasteiger partial charge in [0.25, 0.3) is 0 Å². The molecule has 0 atom stereocenters. The van der Waals surface area contributed by atoms with Gasteiger partial charge in [0, 0.05) is 18.5 Å². The van der Waals surface area contributed by atoms with E-state index >= 15 is 0 Å². The van der Waals surface area contributed by atoms with E-state index in [0.717, 1.165) is 23.3 Å². The van der Waals surface area contributed by atoms with E-state index in [-0.39, 0.29) is 5.78 Å². The highest BCUT2D eigenvalue weighted by atomic mass is 16.5. The Morgan fingerprint density at radius 3 is 2.33 bits per heavy atom. The van der Waals surface area contributed by atoms with Crippen molar-refractivity contribution in [3.05, 3.63) is 65.2 Å². The van der Waals surface area contributed by atoms with Gasteiger partial charge in [0.05, 0.1) is 6.61 Å². The molecule has 3 heteroatoms. The molecule has 110 valence electrons. The summed E-state index contributed by atoms with van der Waals surface area (Å²) >= 11 is 0. The van der Waals surface area contributed by atoms with Crippen LogP contribution in [-0.4, -0.2) is 12.4 Å². The van der Waals surface area contributed by atoms with Crippen LogP contribution >= 0.6 is 0 Å². The van der Waals surface area contributed by atoms with Crippen LogP contribution in [0.25, 0.3) is 0 Å². The zero-order chi connectivity index (χ0) is 15.1. The molecule has 0 bridgehead atoms. The Morgan fingerprint density at radius 2 is 1.71 bits per heavy atom. The normalized spacial score (nSPS) is 10.4. The maximum absolute atomic E-state index is 12.3. The van der Waals surface area contributed by atoms with Gasteiger partial charge in [0.2, 0.25) is 0 Å². The molecule has 0 saturated heterocycles. The van der Waals surface area contributed by atoms with Crippen LogP contribution in [0.4, 0.5) is 0 Å². The molecular weight excluding hydrogens is 262 g/mol. The van der Waals surface area contributed by atoms with Gasteiger partial charge in [-0.05, 0) is 41.8 Å². The highest BCUT2D eigenvalue weighted by Gasteiger charge is 2.09. The molecule has 0 saturated carbocycles. The monoisotopic (exact) mass is 283 g/mol. The lowest BCUT2D eigenvalue weighted by molar-refractivity contribution is 0.0992. The molecule has 2 rings (SSSR count). The summed E-state index contributed by atoms with van der Waals surface area (Å²) in [5.74, 6) is 0.897. The largest absolute Gasteiger partial charge is 0.494 e. The van der Waals surface area contributed by atoms with Gasteiger partial charge < -0.3 is 10.5 Å². The molecule has 3 nitrogen and oxygen atoms in total. The third kappa shape index (κ3) is 4.17. The van der Waals surface area contributed by atoms with Crippen molar-refractivity contribution in [2.75, 3.05) is 6.61 Å². The smallest absolute Gasteiger partial charge is 0.167 e. The summed E-state index contributed by atoms with van der Waals surface area (Å²) in [7, 11) is 0. The molecule has 0 heterocycles. The van der Waals surface area contributed by atoms with Gasteiger partial charge >= 0.3 is 0 Å². The number of nitrogens with two attached hydrogens (primary N) is 1. The zero-order valence-electron chi connectivity index (χ0n) is 12.3. The van der Waals surface area contributed by atoms with E-state index in [4.69, 9.17) is 10.5 Å². The first-order valence-corrected chi connectivity index (χ1v) is 7.27. The Bertz CT molecular complexity index is 590. The third-order valence-electron chi connectivity index (χ3n) is 3.34. The first-order chi connectivity index (χ1) is 10.2. The van der Waals surface area contributed by atoms with Gasteiger partial charge in [0.15, 0.2) is 5.78 Å². The number of Topliss-reactive ketones (excluding diaryl/α,β-unsaturated/α-hetero) is 1. The Labute approximate surface area is 125 Å². The standard InChI is InChI=1S/C18H21NO2/c1-2-11-21-17-9-7-14(8-10-17)18(20)12-15-5-3-4-6-16(15)13-19/h3-10H,2,11-13,19H2,1H3. The molecule has 0 spiro atoms. The van der Waals surface area contributed by atoms with Crippen molar-refractivity contribution in [1.29, 1.82) is 0 Å². The van der Waals surface area contributed by atoms with Crippen LogP contribution in [0.3, 0.4) is 0 Å². The minimum atomic E-state index is 0.0953. The van der Waals surface area contributed by atoms with Gasteiger partial charge in [0.1, 0.15) is 5.75 Å². The van der Waals surface area contributed by atoms with Gasteiger partial charge in [-0.2, -0.15) is 0 Å². The average Bonchev–Trinajstić information content (AvgIpc) is 2.54. The molecule has 2 aromatic rings. The maximum atomic E-state index is 12.3. The van der Waals surface area contributed by atoms with E-state index in [2.05, 4.69) is 6.92 Å². The molecule has 21 heavy (non-hydrogen) atoms. The highest BCUT2D eigenvalue weighted by molar-refractivity contribution is 5.97. The molecule has 0 aliphatic heterocycles. The molecule has 0 unspecified atom stereocenters. The summed E-state index contributed by atoms with van der Waals surface area (Å²) in [6.45, 7) is 3.21. The number of ketones is 1. The van der Waals surface area contributed by atoms with Crippen molar-refractivity contribution in [1.82, 2.24) is 0 Å². The van der Waals surface area contributed by atoms with Gasteiger partial charge in [-0.1, -0.05) is 31.2 Å². The predicted octanol–water partition coefficient (Wildman–Crippen LogP) is 3.36. The molecule has 0 aliphatic rings. The topological polar surface area (TPSA) is 52.3 Å². The number of ether oxygens (including phenoxy) is 1. The van der Waals surface area contributed by atoms with E-state index in [1.54, 1.807) is 0 Å². The van der Waals surface area contributed by atoms with Gasteiger partial charge in [-0.25, -0.2) is 0 Å². The second-order valence-corrected chi connectivity index (χ2v) is 4.95. The Balaban J connectivity index is 2.06. The summed E-state index contributed by atoms with van der Waals surface area (Å²) in [5.41, 5.74) is 8.42. The minimum Gasteiger partial charge on any atom is -0.494 e. The SMILES string of the molecule is CCCOc1ccc(C(=O)Cc2ccccc2CN)cc1. The summed E-state index contributed by atoms with van der Waals surface area (Å²) < 4.78 is 5.52. The quantitative estimate of drug-likeness (QED) is 0.793. The summed E-state index contributed by atoms with van der Waals surface area (Å²) in [6.07, 6.45) is 1.35. The van der Waals surface area contributed by atoms with Gasteiger partial charge in [-0.3, -0.25) is 4.79 Å². The first kappa shape index (κ1) is 15.3. The van der Waals surface area contributed by atoms with E-state index in [9.17, 15) is 4.79 Å². The van der Waals surface area contributed by atoms with E-state index in [1.807, 2.05) is 48.5 Å². The van der Waals surface area contributed by atoms with E-state index in [0.29, 0.717) is 25.1 Å². The van der Waals surface area contributed by atoms with Crippen LogP contribution in [-0.2, 0) is 13.0 Å². The van der Waals surface area contributed by atoms with Crippen LogP contribution < -0.4 is 10.5 Å². The maximum Gasteiger partial charge on any atom is 0.167 e. The van der Waals surface area contributed by atoms with Crippen molar-refractivity contribution in [3.8, 4) is 5.75 Å². The number of hydrogen-bond donors (Lipinski definition) is 1. The molecule has 0 aliphatic carbocycles. The highest BCUT2D eigenvalue weighted by Crippen LogP contribution is 2.16. The van der Waals surface area contributed by atoms with Crippen molar-refractivity contribution >= 4 is 5.78 Å². The summed E-state index contributed by atoms with van der Waals surface area (Å²) in [5, 5.41) is 0. The third-order valence-corrected chi connectivity index (χ3v) is 3.34. The van der Waals surface area contributed by atoms with E-state index < -0.39 is 0 Å². The molecule has 0 radical (unpaired) electrons. The zero-order valence-corrected chi connectivity index (χ0v) is 12.3. The van der Waals surface area contributed by atoms with Crippen LogP contribution in [0, 0.1) is 0 Å². The number of carbonyl (C=O) groups is 1. The Hall–Kier alpha value is -2.13. The van der Waals surface area contributed by atoms with Gasteiger partial charge in [-0.15, -0.1) is 0 Å². The fourth-order valence-corrected chi connectivity index (χ4v) is 2.16. The Kier molecular flexibility index (Phi) is 5.52. The molecule has 2 aromatic carbocycles. The molecule has 2 N–H and O–H groups in total. The molecule has 0 fully saturated rings. The molecule has 0 amide bonds. The number of benzene rings is 2. The fourth-order valence-electron chi connectivity index (χ4n) is 2.16. The van der Waals surface area contributed by atoms with Crippen LogP contribution in [0.15, 0.2) is 48.5 Å². The van der Waals surface area contributed by atoms with Crippen molar-refractivity contribution < 1.29 is 9.53 Å². The number of carbonyl (C=O) groups excluding carboxylic acids is 1. The minimum absolute atomic E-state index is 0.0953. The van der Waals surface area contributed by atoms with Crippen LogP contribution in [0.1, 0.15) is 34.8 Å². The number of hydrogen-bond acceptors (Lipinski definition) is 3. The lowest BCUT2D eigenvalue weighted by atomic mass is 9.99. The van der Waals surface area contributed by atoms with Crippen LogP contribution in [0.5, 0.6) is 5.75 Å². The lowest BCUT2D eigenvalue weighted by Gasteiger charge is -2.08. The number of rotatable bonds is 7. The predicted molar refractivity (Wildman–Crippen MR) is 84.6 cm³/mol. The fraction of sp³-hybridized carbons (Fsp3) is 0.278. The van der Waals surface area contributed by atoms with Crippen molar-refractivity contribution in [2.24, 2.45) is 5.73 Å². The second-order valence-electron chi connectivity index (χ2n) is 4.95. The van der Waals surface area contributed by atoms with Crippen LogP contribution in [0.2, 0.25) is 0 Å². The summed E-state index contributed by atoms with van der Waals surface area (Å²) in [4.78, 5) is 12.3. The summed E-state index contributed by atoms with van der Waals surface area (Å²) in [6, 6.07) is 15.1. The lowest BCUT2D eigenvalue weighted by Crippen LogP contribution is -2.08. The van der Waals surface area contributed by atoms with Crippen molar-refractivity contribution in [2.45, 2.75) is 26.3 Å². The van der Waals surface area contributed by atoms with E-state index in [1.165, 1.54) is 0 Å². The first-order valence-electron chi connectivity index (χ1n) is 7.27. The molecular formula is C18H21NO2. The average molecular weight is 283 g/mol.